The van der Waals surface area contributed by atoms with E-state index < -0.39 is 0 Å². The SMILES string of the molecule is C=C(C)C.C=C(C)C.C=C(C)CCCC(C)C.C=C(C)CCC[C@H](C)C(=O)OC.CC(C)CCO.COC(=O)[C@@H](C)CCO. The summed E-state index contributed by atoms with van der Waals surface area (Å²) in [7, 11) is 2.77. The van der Waals surface area contributed by atoms with Crippen LogP contribution in [-0.4, -0.2) is 49.6 Å². The quantitative estimate of drug-likeness (QED) is 0.147. The van der Waals surface area contributed by atoms with Gasteiger partial charge in [-0.3, -0.25) is 9.59 Å². The monoisotopic (exact) mass is 629 g/mol. The number of rotatable bonds is 14. The molecule has 264 valence electrons. The topological polar surface area (TPSA) is 93.1 Å². The van der Waals surface area contributed by atoms with Crippen LogP contribution in [-0.2, 0) is 19.1 Å². The van der Waals surface area contributed by atoms with E-state index in [0.29, 0.717) is 18.9 Å². The van der Waals surface area contributed by atoms with Crippen LogP contribution in [0.3, 0.4) is 0 Å². The highest BCUT2D eigenvalue weighted by Gasteiger charge is 2.12. The zero-order valence-electron chi connectivity index (χ0n) is 31.7. The van der Waals surface area contributed by atoms with E-state index in [1.165, 1.54) is 55.8 Å². The van der Waals surface area contributed by atoms with Crippen molar-refractivity contribution in [1.82, 2.24) is 0 Å². The van der Waals surface area contributed by atoms with Gasteiger partial charge in [0.05, 0.1) is 26.1 Å². The number of aliphatic hydroxyl groups excluding tert-OH is 2. The predicted molar refractivity (Wildman–Crippen MR) is 194 cm³/mol. The average Bonchev–Trinajstić information content (AvgIpc) is 2.87. The standard InChI is InChI=1S/C10H18O2.C9H18.C6H12O3.C5H12O.2C4H8/c1-8(2)6-5-7-9(3)10(11)12-4;1-8(2)6-5-7-9(3)4;1-5(3-4-7)6(8)9-2;1-5(2)3-4-6;2*1-4(2)3/h9H,1,5-7H2,2-4H3;9H,1,5-7H2,2-4H3;5,7H,3-4H2,1-2H3;5-6H,3-4H2,1-2H3;2*1H2,2-3H3/t9-;;5-;;;/m0.0.../s1. The zero-order valence-corrected chi connectivity index (χ0v) is 31.7. The molecular weight excluding hydrogens is 552 g/mol. The van der Waals surface area contributed by atoms with Crippen molar-refractivity contribution in [1.29, 1.82) is 0 Å². The van der Waals surface area contributed by atoms with Crippen molar-refractivity contribution in [2.75, 3.05) is 27.4 Å². The van der Waals surface area contributed by atoms with Crippen molar-refractivity contribution in [2.45, 2.75) is 134 Å². The molecule has 2 atom stereocenters. The van der Waals surface area contributed by atoms with Crippen LogP contribution < -0.4 is 0 Å². The highest BCUT2D eigenvalue weighted by atomic mass is 16.5. The molecule has 0 saturated carbocycles. The summed E-state index contributed by atoms with van der Waals surface area (Å²) in [6.07, 6.45) is 8.18. The van der Waals surface area contributed by atoms with Gasteiger partial charge in [0.2, 0.25) is 0 Å². The number of hydrogen-bond donors (Lipinski definition) is 2. The smallest absolute Gasteiger partial charge is 0.308 e. The molecule has 0 bridgehead atoms. The van der Waals surface area contributed by atoms with Gasteiger partial charge in [0, 0.05) is 13.2 Å². The number of aliphatic hydroxyl groups is 2. The summed E-state index contributed by atoms with van der Waals surface area (Å²) in [6.45, 7) is 39.5. The van der Waals surface area contributed by atoms with Gasteiger partial charge in [-0.15, -0.1) is 26.3 Å². The Balaban J connectivity index is -0.000000103. The normalized spacial score (nSPS) is 10.6. The first-order valence-corrected chi connectivity index (χ1v) is 16.1. The molecule has 0 amide bonds. The van der Waals surface area contributed by atoms with Gasteiger partial charge in [-0.1, -0.05) is 70.3 Å². The maximum atomic E-state index is 10.9. The van der Waals surface area contributed by atoms with Gasteiger partial charge >= 0.3 is 11.9 Å². The second-order valence-electron chi connectivity index (χ2n) is 12.8. The zero-order chi connectivity index (χ0) is 36.3. The molecular formula is C38H76O6. The lowest BCUT2D eigenvalue weighted by molar-refractivity contribution is -0.146. The Kier molecular flexibility index (Phi) is 50.4. The van der Waals surface area contributed by atoms with Crippen molar-refractivity contribution in [3.05, 3.63) is 48.6 Å². The summed E-state index contributed by atoms with van der Waals surface area (Å²) in [5, 5.41) is 16.6. The Morgan fingerprint density at radius 3 is 1.02 bits per heavy atom. The molecule has 0 fully saturated rings. The molecule has 0 aliphatic carbocycles. The van der Waals surface area contributed by atoms with Gasteiger partial charge in [-0.2, -0.15) is 0 Å². The first kappa shape index (κ1) is 54.3. The second kappa shape index (κ2) is 40.8. The van der Waals surface area contributed by atoms with Crippen molar-refractivity contribution < 1.29 is 29.3 Å². The minimum atomic E-state index is -0.260. The second-order valence-corrected chi connectivity index (χ2v) is 12.8. The molecule has 0 aliphatic rings. The van der Waals surface area contributed by atoms with Gasteiger partial charge in [0.1, 0.15) is 0 Å². The molecule has 0 rings (SSSR count). The van der Waals surface area contributed by atoms with Crippen molar-refractivity contribution >= 4 is 11.9 Å². The van der Waals surface area contributed by atoms with Gasteiger partial charge in [0.25, 0.3) is 0 Å². The number of carbonyl (C=O) groups excluding carboxylic acids is 2. The molecule has 6 nitrogen and oxygen atoms in total. The molecule has 0 aromatic heterocycles. The molecule has 0 saturated heterocycles. The fourth-order valence-corrected chi connectivity index (χ4v) is 2.61. The fourth-order valence-electron chi connectivity index (χ4n) is 2.61. The lowest BCUT2D eigenvalue weighted by Gasteiger charge is -2.07. The van der Waals surface area contributed by atoms with Crippen molar-refractivity contribution in [2.24, 2.45) is 23.7 Å². The molecule has 0 spiro atoms. The van der Waals surface area contributed by atoms with Gasteiger partial charge in [-0.05, 0) is 98.3 Å². The molecule has 0 aliphatic heterocycles. The number of ether oxygens (including phenoxy) is 2. The Hall–Kier alpha value is -2.18. The van der Waals surface area contributed by atoms with E-state index in [0.717, 1.165) is 31.6 Å². The van der Waals surface area contributed by atoms with Crippen molar-refractivity contribution in [3.63, 3.8) is 0 Å². The van der Waals surface area contributed by atoms with E-state index in [2.05, 4.69) is 70.4 Å². The molecule has 44 heavy (non-hydrogen) atoms. The van der Waals surface area contributed by atoms with Gasteiger partial charge in [0.15, 0.2) is 0 Å². The summed E-state index contributed by atoms with van der Waals surface area (Å²) in [6, 6.07) is 0. The molecule has 0 aromatic carbocycles. The molecule has 2 N–H and O–H groups in total. The Bertz CT molecular complexity index is 686. The fraction of sp³-hybridized carbons (Fsp3) is 0.737. The first-order valence-electron chi connectivity index (χ1n) is 16.1. The Morgan fingerprint density at radius 2 is 0.818 bits per heavy atom. The first-order chi connectivity index (χ1) is 20.2. The largest absolute Gasteiger partial charge is 0.469 e. The lowest BCUT2D eigenvalue weighted by Crippen LogP contribution is -2.13. The molecule has 0 aromatic rings. The third-order valence-corrected chi connectivity index (χ3v) is 5.10. The van der Waals surface area contributed by atoms with Gasteiger partial charge < -0.3 is 19.7 Å². The van der Waals surface area contributed by atoms with Crippen LogP contribution in [0.15, 0.2) is 48.6 Å². The lowest BCUT2D eigenvalue weighted by atomic mass is 10.0. The summed E-state index contributed by atoms with van der Waals surface area (Å²) >= 11 is 0. The summed E-state index contributed by atoms with van der Waals surface area (Å²) in [4.78, 5) is 21.5. The molecule has 0 heterocycles. The minimum Gasteiger partial charge on any atom is -0.469 e. The molecule has 6 heteroatoms. The van der Waals surface area contributed by atoms with E-state index >= 15 is 0 Å². The van der Waals surface area contributed by atoms with E-state index in [4.69, 9.17) is 10.2 Å². The highest BCUT2D eigenvalue weighted by molar-refractivity contribution is 5.72. The van der Waals surface area contributed by atoms with E-state index in [9.17, 15) is 9.59 Å². The number of allylic oxidation sites excluding steroid dienone is 4. The molecule has 0 radical (unpaired) electrons. The number of hydrogen-bond acceptors (Lipinski definition) is 6. The van der Waals surface area contributed by atoms with Crippen LogP contribution >= 0.6 is 0 Å². The van der Waals surface area contributed by atoms with Gasteiger partial charge in [-0.25, -0.2) is 0 Å². The Labute approximate surface area is 275 Å². The maximum absolute atomic E-state index is 10.9. The summed E-state index contributed by atoms with van der Waals surface area (Å²) in [5.41, 5.74) is 4.82. The minimum absolute atomic E-state index is 0.0225. The number of esters is 2. The summed E-state index contributed by atoms with van der Waals surface area (Å²) < 4.78 is 9.02. The van der Waals surface area contributed by atoms with Crippen LogP contribution in [0.25, 0.3) is 0 Å². The van der Waals surface area contributed by atoms with Crippen LogP contribution in [0.4, 0.5) is 0 Å². The van der Waals surface area contributed by atoms with Crippen LogP contribution in [0.5, 0.6) is 0 Å². The maximum Gasteiger partial charge on any atom is 0.308 e. The predicted octanol–water partition coefficient (Wildman–Crippen LogP) is 10.3. The van der Waals surface area contributed by atoms with Crippen LogP contribution in [0, 0.1) is 23.7 Å². The average molecular weight is 629 g/mol. The molecule has 0 unspecified atom stereocenters. The van der Waals surface area contributed by atoms with Crippen LogP contribution in [0.1, 0.15) is 134 Å². The van der Waals surface area contributed by atoms with E-state index in [1.807, 2.05) is 41.5 Å². The van der Waals surface area contributed by atoms with E-state index in [-0.39, 0.29) is 30.4 Å². The highest BCUT2D eigenvalue weighted by Crippen LogP contribution is 2.12. The summed E-state index contributed by atoms with van der Waals surface area (Å²) in [5.74, 6) is 0.967. The third-order valence-electron chi connectivity index (χ3n) is 5.10. The Morgan fingerprint density at radius 1 is 0.545 bits per heavy atom. The van der Waals surface area contributed by atoms with Crippen molar-refractivity contribution in [3.8, 4) is 0 Å². The van der Waals surface area contributed by atoms with Crippen LogP contribution in [0.2, 0.25) is 0 Å². The van der Waals surface area contributed by atoms with E-state index in [1.54, 1.807) is 6.92 Å². The number of methoxy groups -OCH3 is 2. The number of carbonyl (C=O) groups is 2. The third kappa shape index (κ3) is 77.5.